The summed E-state index contributed by atoms with van der Waals surface area (Å²) in [7, 11) is 0. The van der Waals surface area contributed by atoms with Crippen LogP contribution in [0.2, 0.25) is 5.28 Å². The van der Waals surface area contributed by atoms with Crippen LogP contribution in [0.4, 0.5) is 17.6 Å². The molecule has 3 rings (SSSR count). The predicted molar refractivity (Wildman–Crippen MR) is 83.5 cm³/mol. The number of aromatic nitrogens is 4. The SMILES string of the molecule is Fc1ccc(C(CC(F)(F)F)n2cc(-c3ccnc(Cl)n3)cn2)cc1. The third-order valence-electron chi connectivity index (χ3n) is 3.52. The lowest BCUT2D eigenvalue weighted by molar-refractivity contribution is -0.140. The van der Waals surface area contributed by atoms with Crippen molar-refractivity contribution in [2.45, 2.75) is 18.6 Å². The monoisotopic (exact) mass is 370 g/mol. The summed E-state index contributed by atoms with van der Waals surface area (Å²) in [5.41, 5.74) is 1.24. The Morgan fingerprint density at radius 2 is 1.84 bits per heavy atom. The van der Waals surface area contributed by atoms with Crippen LogP contribution in [-0.2, 0) is 0 Å². The predicted octanol–water partition coefficient (Wildman–Crippen LogP) is 4.67. The van der Waals surface area contributed by atoms with Crippen molar-refractivity contribution < 1.29 is 17.6 Å². The Hall–Kier alpha value is -2.48. The van der Waals surface area contributed by atoms with Crippen LogP contribution in [0.1, 0.15) is 18.0 Å². The summed E-state index contributed by atoms with van der Waals surface area (Å²) in [6, 6.07) is 5.32. The number of nitrogens with zero attached hydrogens (tertiary/aromatic N) is 4. The summed E-state index contributed by atoms with van der Waals surface area (Å²) in [6.45, 7) is 0. The van der Waals surface area contributed by atoms with Gasteiger partial charge in [0.1, 0.15) is 5.82 Å². The maximum atomic E-state index is 13.1. The second-order valence-electron chi connectivity index (χ2n) is 5.31. The fourth-order valence-electron chi connectivity index (χ4n) is 2.40. The van der Waals surface area contributed by atoms with E-state index in [1.165, 1.54) is 35.4 Å². The number of benzene rings is 1. The minimum absolute atomic E-state index is 0.0237. The number of hydrogen-bond donors (Lipinski definition) is 0. The molecule has 4 nitrogen and oxygen atoms in total. The van der Waals surface area contributed by atoms with Gasteiger partial charge in [0.15, 0.2) is 0 Å². The maximum absolute atomic E-state index is 13.1. The van der Waals surface area contributed by atoms with Crippen LogP contribution in [0, 0.1) is 5.82 Å². The Bertz CT molecular complexity index is 861. The van der Waals surface area contributed by atoms with Crippen molar-refractivity contribution in [1.29, 1.82) is 0 Å². The second kappa shape index (κ2) is 6.79. The fourth-order valence-corrected chi connectivity index (χ4v) is 2.55. The van der Waals surface area contributed by atoms with E-state index in [1.807, 2.05) is 0 Å². The molecule has 25 heavy (non-hydrogen) atoms. The molecule has 0 saturated heterocycles. The fraction of sp³-hybridized carbons (Fsp3) is 0.188. The highest BCUT2D eigenvalue weighted by Crippen LogP contribution is 2.33. The largest absolute Gasteiger partial charge is 0.391 e. The van der Waals surface area contributed by atoms with Crippen LogP contribution in [0.3, 0.4) is 0 Å². The summed E-state index contributed by atoms with van der Waals surface area (Å²) in [6.07, 6.45) is -1.27. The lowest BCUT2D eigenvalue weighted by Gasteiger charge is -2.19. The third-order valence-corrected chi connectivity index (χ3v) is 3.70. The second-order valence-corrected chi connectivity index (χ2v) is 5.64. The molecule has 0 aliphatic rings. The van der Waals surface area contributed by atoms with Crippen molar-refractivity contribution in [3.8, 4) is 11.3 Å². The molecule has 0 amide bonds. The molecule has 2 heterocycles. The van der Waals surface area contributed by atoms with Crippen molar-refractivity contribution in [1.82, 2.24) is 19.7 Å². The van der Waals surface area contributed by atoms with Gasteiger partial charge >= 0.3 is 6.18 Å². The molecular weight excluding hydrogens is 360 g/mol. The molecule has 1 aromatic carbocycles. The van der Waals surface area contributed by atoms with Gasteiger partial charge in [-0.15, -0.1) is 0 Å². The van der Waals surface area contributed by atoms with Gasteiger partial charge in [0, 0.05) is 18.0 Å². The number of alkyl halides is 3. The molecule has 0 saturated carbocycles. The molecule has 1 unspecified atom stereocenters. The first-order valence-corrected chi connectivity index (χ1v) is 7.55. The summed E-state index contributed by atoms with van der Waals surface area (Å²) < 4.78 is 53.2. The van der Waals surface area contributed by atoms with E-state index in [9.17, 15) is 17.6 Å². The minimum atomic E-state index is -4.41. The molecule has 0 radical (unpaired) electrons. The number of halogens is 5. The molecule has 3 aromatic rings. The molecule has 0 fully saturated rings. The van der Waals surface area contributed by atoms with Crippen LogP contribution in [0.15, 0.2) is 48.9 Å². The zero-order valence-corrected chi connectivity index (χ0v) is 13.3. The van der Waals surface area contributed by atoms with Crippen molar-refractivity contribution in [3.63, 3.8) is 0 Å². The van der Waals surface area contributed by atoms with Crippen LogP contribution < -0.4 is 0 Å². The Kier molecular flexibility index (Phi) is 4.71. The van der Waals surface area contributed by atoms with E-state index in [-0.39, 0.29) is 5.28 Å². The topological polar surface area (TPSA) is 43.6 Å². The van der Waals surface area contributed by atoms with Crippen molar-refractivity contribution in [3.05, 3.63) is 65.6 Å². The van der Waals surface area contributed by atoms with E-state index < -0.39 is 24.5 Å². The Morgan fingerprint density at radius 3 is 2.48 bits per heavy atom. The van der Waals surface area contributed by atoms with E-state index in [1.54, 1.807) is 6.07 Å². The average molecular weight is 371 g/mol. The minimum Gasteiger partial charge on any atom is -0.264 e. The highest BCUT2D eigenvalue weighted by atomic mass is 35.5. The number of hydrogen-bond acceptors (Lipinski definition) is 3. The first-order valence-electron chi connectivity index (χ1n) is 7.17. The molecule has 0 N–H and O–H groups in total. The van der Waals surface area contributed by atoms with Crippen molar-refractivity contribution in [2.24, 2.45) is 0 Å². The molecule has 1 atom stereocenters. The molecule has 0 aliphatic heterocycles. The normalized spacial score (nSPS) is 13.0. The van der Waals surface area contributed by atoms with E-state index in [2.05, 4.69) is 15.1 Å². The van der Waals surface area contributed by atoms with Gasteiger partial charge in [-0.1, -0.05) is 12.1 Å². The zero-order valence-electron chi connectivity index (χ0n) is 12.6. The third kappa shape index (κ3) is 4.33. The Labute approximate surface area is 145 Å². The van der Waals surface area contributed by atoms with Gasteiger partial charge in [-0.2, -0.15) is 18.3 Å². The Morgan fingerprint density at radius 1 is 1.12 bits per heavy atom. The molecule has 0 aliphatic carbocycles. The van der Waals surface area contributed by atoms with E-state index >= 15 is 0 Å². The summed E-state index contributed by atoms with van der Waals surface area (Å²) >= 11 is 5.73. The van der Waals surface area contributed by atoms with Gasteiger partial charge in [-0.3, -0.25) is 4.68 Å². The standard InChI is InChI=1S/C16H11ClF4N4/c17-15-22-6-5-13(24-15)11-8-23-25(9-11)14(7-16(19,20)21)10-1-3-12(18)4-2-10/h1-6,8-9,14H,7H2. The smallest absolute Gasteiger partial charge is 0.264 e. The van der Waals surface area contributed by atoms with Gasteiger partial charge in [0.05, 0.1) is 24.4 Å². The van der Waals surface area contributed by atoms with Gasteiger partial charge < -0.3 is 0 Å². The lowest BCUT2D eigenvalue weighted by atomic mass is 10.0. The van der Waals surface area contributed by atoms with E-state index in [4.69, 9.17) is 11.6 Å². The van der Waals surface area contributed by atoms with Gasteiger partial charge in [-0.05, 0) is 35.4 Å². The molecular formula is C16H11ClF4N4. The summed E-state index contributed by atoms with van der Waals surface area (Å²) in [4.78, 5) is 7.76. The first-order chi connectivity index (χ1) is 11.8. The van der Waals surface area contributed by atoms with Crippen LogP contribution in [-0.4, -0.2) is 25.9 Å². The van der Waals surface area contributed by atoms with Crippen LogP contribution >= 0.6 is 11.6 Å². The van der Waals surface area contributed by atoms with Gasteiger partial charge in [0.25, 0.3) is 0 Å². The van der Waals surface area contributed by atoms with E-state index in [0.29, 0.717) is 16.8 Å². The highest BCUT2D eigenvalue weighted by Gasteiger charge is 2.34. The van der Waals surface area contributed by atoms with Crippen LogP contribution in [0.5, 0.6) is 0 Å². The van der Waals surface area contributed by atoms with Gasteiger partial charge in [-0.25, -0.2) is 14.4 Å². The van der Waals surface area contributed by atoms with E-state index in [0.717, 1.165) is 12.1 Å². The quantitative estimate of drug-likeness (QED) is 0.495. The molecule has 9 heteroatoms. The number of rotatable bonds is 4. The van der Waals surface area contributed by atoms with Crippen LogP contribution in [0.25, 0.3) is 11.3 Å². The Balaban J connectivity index is 1.98. The van der Waals surface area contributed by atoms with Crippen molar-refractivity contribution in [2.75, 3.05) is 0 Å². The van der Waals surface area contributed by atoms with Crippen molar-refractivity contribution >= 4 is 11.6 Å². The maximum Gasteiger partial charge on any atom is 0.391 e. The zero-order chi connectivity index (χ0) is 18.0. The van der Waals surface area contributed by atoms with Gasteiger partial charge in [0.2, 0.25) is 5.28 Å². The average Bonchev–Trinajstić information content (AvgIpc) is 3.02. The molecule has 2 aromatic heterocycles. The molecule has 0 bridgehead atoms. The summed E-state index contributed by atoms with van der Waals surface area (Å²) in [5, 5.41) is 4.05. The molecule has 0 spiro atoms. The summed E-state index contributed by atoms with van der Waals surface area (Å²) in [5.74, 6) is -0.522. The highest BCUT2D eigenvalue weighted by molar-refractivity contribution is 6.28. The first kappa shape index (κ1) is 17.3. The lowest BCUT2D eigenvalue weighted by Crippen LogP contribution is -2.20. The molecule has 130 valence electrons.